The standard InChI is InChI=1S/C22H37N3O6/c1-5-7-16-19(22(31)25-9-14(29)11-27)17(12(3)4)18(15(6-2)20(16)23)21(30)24-8-13(28)10-26/h12-14,26-29H,5-11,23H2,1-4H3,(H,24,30)(H,25,31). The molecule has 0 aliphatic carbocycles. The number of benzene rings is 1. The van der Waals surface area contributed by atoms with Gasteiger partial charge in [0.05, 0.1) is 25.4 Å². The minimum absolute atomic E-state index is 0.141. The Balaban J connectivity index is 3.70. The van der Waals surface area contributed by atoms with Crippen LogP contribution in [0.3, 0.4) is 0 Å². The maximum absolute atomic E-state index is 13.2. The average Bonchev–Trinajstić information content (AvgIpc) is 2.75. The molecule has 0 saturated carbocycles. The Morgan fingerprint density at radius 2 is 1.35 bits per heavy atom. The topological polar surface area (TPSA) is 165 Å². The lowest BCUT2D eigenvalue weighted by Crippen LogP contribution is -2.37. The zero-order chi connectivity index (χ0) is 23.7. The van der Waals surface area contributed by atoms with E-state index in [1.54, 1.807) is 0 Å². The fourth-order valence-corrected chi connectivity index (χ4v) is 3.60. The number of nitrogens with one attached hydrogen (secondary N) is 2. The molecule has 2 amide bonds. The van der Waals surface area contributed by atoms with E-state index in [1.807, 2.05) is 27.7 Å². The lowest BCUT2D eigenvalue weighted by Gasteiger charge is -2.26. The van der Waals surface area contributed by atoms with E-state index in [-0.39, 0.29) is 19.0 Å². The smallest absolute Gasteiger partial charge is 0.252 e. The van der Waals surface area contributed by atoms with Gasteiger partial charge in [0.15, 0.2) is 0 Å². The molecular formula is C22H37N3O6. The van der Waals surface area contributed by atoms with Crippen LogP contribution in [-0.2, 0) is 12.8 Å². The molecule has 1 aromatic carbocycles. The van der Waals surface area contributed by atoms with Crippen molar-refractivity contribution in [3.05, 3.63) is 27.8 Å². The van der Waals surface area contributed by atoms with E-state index in [4.69, 9.17) is 15.9 Å². The summed E-state index contributed by atoms with van der Waals surface area (Å²) >= 11 is 0. The largest absolute Gasteiger partial charge is 0.398 e. The summed E-state index contributed by atoms with van der Waals surface area (Å²) in [4.78, 5) is 26.3. The third kappa shape index (κ3) is 6.64. The predicted octanol–water partition coefficient (Wildman–Crippen LogP) is 0.0731. The molecule has 1 rings (SSSR count). The van der Waals surface area contributed by atoms with E-state index < -0.39 is 37.2 Å². The van der Waals surface area contributed by atoms with Crippen LogP contribution in [0, 0.1) is 0 Å². The zero-order valence-electron chi connectivity index (χ0n) is 18.9. The Hall–Kier alpha value is -2.20. The Bertz CT molecular complexity index is 766. The van der Waals surface area contributed by atoms with Crippen LogP contribution < -0.4 is 16.4 Å². The van der Waals surface area contributed by atoms with Crippen molar-refractivity contribution in [1.82, 2.24) is 10.6 Å². The normalized spacial score (nSPS) is 13.2. The second kappa shape index (κ2) is 12.6. The summed E-state index contributed by atoms with van der Waals surface area (Å²) in [7, 11) is 0. The molecule has 0 fully saturated rings. The van der Waals surface area contributed by atoms with Gasteiger partial charge in [0, 0.05) is 29.9 Å². The van der Waals surface area contributed by atoms with Crippen molar-refractivity contribution in [2.24, 2.45) is 0 Å². The van der Waals surface area contributed by atoms with Crippen LogP contribution in [-0.4, -0.2) is 70.8 Å². The van der Waals surface area contributed by atoms with Gasteiger partial charge in [-0.2, -0.15) is 0 Å². The van der Waals surface area contributed by atoms with Crippen LogP contribution in [0.1, 0.15) is 77.4 Å². The van der Waals surface area contributed by atoms with Crippen LogP contribution >= 0.6 is 0 Å². The molecule has 9 heteroatoms. The van der Waals surface area contributed by atoms with E-state index in [1.165, 1.54) is 0 Å². The molecular weight excluding hydrogens is 402 g/mol. The van der Waals surface area contributed by atoms with E-state index in [0.717, 1.165) is 6.42 Å². The minimum atomic E-state index is -1.10. The van der Waals surface area contributed by atoms with Gasteiger partial charge in [-0.3, -0.25) is 9.59 Å². The number of hydrogen-bond donors (Lipinski definition) is 7. The molecule has 2 unspecified atom stereocenters. The summed E-state index contributed by atoms with van der Waals surface area (Å²) in [5.74, 6) is -1.15. The van der Waals surface area contributed by atoms with Crippen LogP contribution in [0.25, 0.3) is 0 Å². The molecule has 2 atom stereocenters. The molecule has 0 radical (unpaired) electrons. The van der Waals surface area contributed by atoms with Crippen LogP contribution in [0.4, 0.5) is 5.69 Å². The van der Waals surface area contributed by atoms with E-state index >= 15 is 0 Å². The Kier molecular flexibility index (Phi) is 10.9. The van der Waals surface area contributed by atoms with Crippen molar-refractivity contribution >= 4 is 17.5 Å². The van der Waals surface area contributed by atoms with Gasteiger partial charge in [0.1, 0.15) is 0 Å². The molecule has 0 aromatic heterocycles. The van der Waals surface area contributed by atoms with Crippen LogP contribution in [0.15, 0.2) is 0 Å². The Labute approximate surface area is 183 Å². The van der Waals surface area contributed by atoms with Crippen LogP contribution in [0.5, 0.6) is 0 Å². The SMILES string of the molecule is CCCc1c(N)c(CC)c(C(=O)NCC(O)CO)c(C(C)C)c1C(=O)NCC(O)CO. The molecule has 176 valence electrons. The molecule has 1 aromatic rings. The third-order valence-corrected chi connectivity index (χ3v) is 5.10. The molecule has 8 N–H and O–H groups in total. The summed E-state index contributed by atoms with van der Waals surface area (Å²) in [5, 5.41) is 42.6. The highest BCUT2D eigenvalue weighted by Gasteiger charge is 2.30. The molecule has 9 nitrogen and oxygen atoms in total. The molecule has 0 spiro atoms. The number of anilines is 1. The van der Waals surface area contributed by atoms with Crippen molar-refractivity contribution in [2.75, 3.05) is 32.0 Å². The maximum atomic E-state index is 13.2. The van der Waals surface area contributed by atoms with Gasteiger partial charge in [0.2, 0.25) is 0 Å². The third-order valence-electron chi connectivity index (χ3n) is 5.10. The van der Waals surface area contributed by atoms with E-state index in [2.05, 4.69) is 10.6 Å². The van der Waals surface area contributed by atoms with Crippen molar-refractivity contribution < 1.29 is 30.0 Å². The highest BCUT2D eigenvalue weighted by atomic mass is 16.3. The lowest BCUT2D eigenvalue weighted by atomic mass is 9.81. The second-order valence-corrected chi connectivity index (χ2v) is 7.89. The van der Waals surface area contributed by atoms with Gasteiger partial charge in [-0.15, -0.1) is 0 Å². The van der Waals surface area contributed by atoms with Gasteiger partial charge in [-0.1, -0.05) is 34.1 Å². The quantitative estimate of drug-likeness (QED) is 0.226. The van der Waals surface area contributed by atoms with Gasteiger partial charge in [-0.25, -0.2) is 0 Å². The number of carbonyl (C=O) groups excluding carboxylic acids is 2. The first-order chi connectivity index (χ1) is 14.6. The first-order valence-corrected chi connectivity index (χ1v) is 10.8. The van der Waals surface area contributed by atoms with Crippen LogP contribution in [0.2, 0.25) is 0 Å². The monoisotopic (exact) mass is 439 g/mol. The summed E-state index contributed by atoms with van der Waals surface area (Å²) in [6.07, 6.45) is -0.459. The number of aliphatic hydroxyl groups excluding tert-OH is 4. The Morgan fingerprint density at radius 3 is 1.71 bits per heavy atom. The number of aliphatic hydroxyl groups is 4. The van der Waals surface area contributed by atoms with E-state index in [9.17, 15) is 19.8 Å². The van der Waals surface area contributed by atoms with Gasteiger partial charge >= 0.3 is 0 Å². The molecule has 0 aliphatic heterocycles. The number of carbonyl (C=O) groups is 2. The van der Waals surface area contributed by atoms with Gasteiger partial charge < -0.3 is 36.8 Å². The molecule has 0 heterocycles. The number of amides is 2. The fourth-order valence-electron chi connectivity index (χ4n) is 3.60. The summed E-state index contributed by atoms with van der Waals surface area (Å²) in [5.41, 5.74) is 9.28. The highest BCUT2D eigenvalue weighted by molar-refractivity contribution is 6.06. The second-order valence-electron chi connectivity index (χ2n) is 7.89. The summed E-state index contributed by atoms with van der Waals surface area (Å²) < 4.78 is 0. The molecule has 0 bridgehead atoms. The first-order valence-electron chi connectivity index (χ1n) is 10.8. The number of rotatable bonds is 12. The number of nitrogen functional groups attached to an aromatic ring is 1. The van der Waals surface area contributed by atoms with Gasteiger partial charge in [0.25, 0.3) is 11.8 Å². The van der Waals surface area contributed by atoms with Gasteiger partial charge in [-0.05, 0) is 35.4 Å². The molecule has 0 saturated heterocycles. The van der Waals surface area contributed by atoms with Crippen molar-refractivity contribution in [3.8, 4) is 0 Å². The average molecular weight is 440 g/mol. The summed E-state index contributed by atoms with van der Waals surface area (Å²) in [6, 6.07) is 0. The first kappa shape index (κ1) is 26.8. The van der Waals surface area contributed by atoms with Crippen molar-refractivity contribution in [1.29, 1.82) is 0 Å². The van der Waals surface area contributed by atoms with Crippen molar-refractivity contribution in [3.63, 3.8) is 0 Å². The number of nitrogens with two attached hydrogens (primary N) is 1. The lowest BCUT2D eigenvalue weighted by molar-refractivity contribution is 0.0797. The number of hydrogen-bond acceptors (Lipinski definition) is 7. The minimum Gasteiger partial charge on any atom is -0.398 e. The predicted molar refractivity (Wildman–Crippen MR) is 119 cm³/mol. The highest BCUT2D eigenvalue weighted by Crippen LogP contribution is 2.36. The zero-order valence-corrected chi connectivity index (χ0v) is 18.9. The Morgan fingerprint density at radius 1 is 0.903 bits per heavy atom. The van der Waals surface area contributed by atoms with E-state index in [0.29, 0.717) is 46.3 Å². The maximum Gasteiger partial charge on any atom is 0.252 e. The molecule has 0 aliphatic rings. The van der Waals surface area contributed by atoms with Crippen molar-refractivity contribution in [2.45, 2.75) is 65.1 Å². The molecule has 31 heavy (non-hydrogen) atoms. The fraction of sp³-hybridized carbons (Fsp3) is 0.636. The summed E-state index contributed by atoms with van der Waals surface area (Å²) in [6.45, 7) is 6.33.